The average Bonchev–Trinajstić information content (AvgIpc) is 3.55. The number of carbonyl (C=O) groups excluding carboxylic acids is 2. The van der Waals surface area contributed by atoms with Crippen molar-refractivity contribution < 1.29 is 37.8 Å². The lowest BCUT2D eigenvalue weighted by Gasteiger charge is -2.31. The Balaban J connectivity index is 1.10. The highest BCUT2D eigenvalue weighted by atomic mass is 32.2. The molecule has 0 bridgehead atoms. The van der Waals surface area contributed by atoms with E-state index in [9.17, 15) is 37.8 Å². The quantitative estimate of drug-likeness (QED) is 0.0643. The Morgan fingerprint density at radius 3 is 2.52 bits per heavy atom. The van der Waals surface area contributed by atoms with Crippen LogP contribution in [0.15, 0.2) is 88.6 Å². The number of thiocarbonyl (C=S) groups is 1. The molecule has 2 amide bonds. The number of carboxylic acids is 1. The molecule has 7 N–H and O–H groups in total. The monoisotopic (exact) mass is 825 g/mol. The summed E-state index contributed by atoms with van der Waals surface area (Å²) in [4.78, 5) is 55.1. The van der Waals surface area contributed by atoms with Crippen molar-refractivity contribution in [1.29, 1.82) is 0 Å². The van der Waals surface area contributed by atoms with Gasteiger partial charge in [0.2, 0.25) is 0 Å². The van der Waals surface area contributed by atoms with Gasteiger partial charge in [0.1, 0.15) is 6.61 Å². The fraction of sp³-hybridized carbons (Fsp3) is 0.250. The summed E-state index contributed by atoms with van der Waals surface area (Å²) in [5.74, 6) is -1.94. The van der Waals surface area contributed by atoms with E-state index in [0.717, 1.165) is 12.0 Å². The van der Waals surface area contributed by atoms with Crippen molar-refractivity contribution in [3.8, 4) is 11.4 Å². The number of aromatic nitrogens is 2. The molecule has 0 saturated heterocycles. The topological polar surface area (TPSA) is 230 Å². The number of aliphatic hydroxyl groups is 1. The van der Waals surface area contributed by atoms with Crippen LogP contribution < -0.4 is 31.5 Å². The van der Waals surface area contributed by atoms with E-state index in [2.05, 4.69) is 26.0 Å². The summed E-state index contributed by atoms with van der Waals surface area (Å²) in [5.41, 5.74) is 1.80. The van der Waals surface area contributed by atoms with Gasteiger partial charge in [-0.15, -0.1) is 0 Å². The molecule has 3 aromatic carbocycles. The Hall–Kier alpha value is -6.37. The minimum Gasteiger partial charge on any atom is -0.481 e. The molecule has 4 heterocycles. The molecule has 0 aliphatic carbocycles. The van der Waals surface area contributed by atoms with Gasteiger partial charge in [-0.1, -0.05) is 38.1 Å². The Morgan fingerprint density at radius 1 is 1.00 bits per heavy atom. The molecule has 5 aromatic rings. The number of fused-ring (bicyclic) bond motifs is 5. The van der Waals surface area contributed by atoms with Crippen LogP contribution in [0.25, 0.3) is 22.3 Å². The first-order valence-electron chi connectivity index (χ1n) is 18.4. The molecule has 16 nitrogen and oxygen atoms in total. The third-order valence-electron chi connectivity index (χ3n) is 9.96. The van der Waals surface area contributed by atoms with Crippen LogP contribution in [0.1, 0.15) is 61.4 Å². The van der Waals surface area contributed by atoms with E-state index in [1.165, 1.54) is 30.3 Å². The number of hydrogen-bond donors (Lipinski definition) is 7. The first-order chi connectivity index (χ1) is 27.7. The Kier molecular flexibility index (Phi) is 10.9. The molecule has 1 unspecified atom stereocenters. The second kappa shape index (κ2) is 15.9. The molecule has 58 heavy (non-hydrogen) atoms. The first-order valence-corrected chi connectivity index (χ1v) is 20.3. The maximum Gasteiger partial charge on any atom is 0.343 e. The highest BCUT2D eigenvalue weighted by Gasteiger charge is 2.45. The molecule has 0 saturated carbocycles. The number of amides is 2. The number of esters is 1. The lowest BCUT2D eigenvalue weighted by Crippen LogP contribution is -2.44. The molecule has 18 heteroatoms. The summed E-state index contributed by atoms with van der Waals surface area (Å²) in [7, 11) is -4.13. The molecular formula is C40H39N7O9S2. The van der Waals surface area contributed by atoms with Gasteiger partial charge in [0.15, 0.2) is 10.7 Å². The predicted molar refractivity (Wildman–Crippen MR) is 220 cm³/mol. The maximum atomic E-state index is 13.6. The number of hydrogen-bond acceptors (Lipinski definition) is 10. The number of anilines is 3. The molecule has 2 atom stereocenters. The summed E-state index contributed by atoms with van der Waals surface area (Å²) < 4.78 is 36.0. The van der Waals surface area contributed by atoms with Crippen molar-refractivity contribution in [2.24, 2.45) is 0 Å². The number of carbonyl (C=O) groups is 3. The minimum absolute atomic E-state index is 0.0237. The van der Waals surface area contributed by atoms with Crippen molar-refractivity contribution in [3.05, 3.63) is 111 Å². The molecule has 0 fully saturated rings. The predicted octanol–water partition coefficient (Wildman–Crippen LogP) is 4.91. The number of benzene rings is 3. The highest BCUT2D eigenvalue weighted by Crippen LogP contribution is 2.39. The van der Waals surface area contributed by atoms with Crippen molar-refractivity contribution in [1.82, 2.24) is 20.2 Å². The minimum atomic E-state index is -4.13. The van der Waals surface area contributed by atoms with Gasteiger partial charge in [0, 0.05) is 40.1 Å². The SMILES string of the molecule is CCCNC(=O)Nc1cccc(S(=O)(=O)Nc2cccc(C(CC(=O)O)NC(=S)Nc3cccc4nc5c(cc34)Cn3c-5cc4c(c3=O)COC(=O)[C@]4(O)CC)c2)c1. The molecule has 2 aliphatic rings. The van der Waals surface area contributed by atoms with Gasteiger partial charge in [0.25, 0.3) is 15.6 Å². The number of aliphatic carboxylic acids is 1. The van der Waals surface area contributed by atoms with E-state index in [-0.39, 0.29) is 57.6 Å². The van der Waals surface area contributed by atoms with E-state index in [0.29, 0.717) is 40.1 Å². The summed E-state index contributed by atoms with van der Waals surface area (Å²) in [5, 5.41) is 33.2. The molecule has 0 radical (unpaired) electrons. The summed E-state index contributed by atoms with van der Waals surface area (Å²) in [6.07, 6.45) is 0.353. The second-order valence-electron chi connectivity index (χ2n) is 13.9. The van der Waals surface area contributed by atoms with Crippen LogP contribution in [0.4, 0.5) is 21.9 Å². The van der Waals surface area contributed by atoms with E-state index in [1.54, 1.807) is 54.0 Å². The van der Waals surface area contributed by atoms with Crippen LogP contribution in [-0.4, -0.2) is 57.8 Å². The van der Waals surface area contributed by atoms with Crippen molar-refractivity contribution in [2.75, 3.05) is 21.9 Å². The van der Waals surface area contributed by atoms with Crippen LogP contribution in [0.2, 0.25) is 0 Å². The van der Waals surface area contributed by atoms with Gasteiger partial charge < -0.3 is 40.8 Å². The number of nitrogens with one attached hydrogen (secondary N) is 5. The first kappa shape index (κ1) is 39.8. The van der Waals surface area contributed by atoms with E-state index in [4.69, 9.17) is 21.9 Å². The van der Waals surface area contributed by atoms with Crippen LogP contribution in [0.5, 0.6) is 0 Å². The Morgan fingerprint density at radius 2 is 1.76 bits per heavy atom. The van der Waals surface area contributed by atoms with Gasteiger partial charge in [-0.3, -0.25) is 14.3 Å². The van der Waals surface area contributed by atoms with Crippen LogP contribution in [0, 0.1) is 0 Å². The lowest BCUT2D eigenvalue weighted by molar-refractivity contribution is -0.172. The van der Waals surface area contributed by atoms with Gasteiger partial charge in [0.05, 0.1) is 46.4 Å². The zero-order chi connectivity index (χ0) is 41.4. The fourth-order valence-electron chi connectivity index (χ4n) is 7.04. The number of rotatable bonds is 12. The number of nitrogens with zero attached hydrogens (tertiary/aromatic N) is 2. The van der Waals surface area contributed by atoms with E-state index >= 15 is 0 Å². The number of sulfonamides is 1. The van der Waals surface area contributed by atoms with Crippen molar-refractivity contribution in [3.63, 3.8) is 0 Å². The average molecular weight is 826 g/mol. The molecular weight excluding hydrogens is 787 g/mol. The number of carboxylic acid groups (broad SMARTS) is 1. The highest BCUT2D eigenvalue weighted by molar-refractivity contribution is 7.92. The number of urea groups is 1. The van der Waals surface area contributed by atoms with Gasteiger partial charge in [-0.05, 0) is 85.2 Å². The van der Waals surface area contributed by atoms with Crippen LogP contribution >= 0.6 is 12.2 Å². The van der Waals surface area contributed by atoms with Crippen LogP contribution in [0.3, 0.4) is 0 Å². The smallest absolute Gasteiger partial charge is 0.343 e. The van der Waals surface area contributed by atoms with Gasteiger partial charge in [-0.2, -0.15) is 0 Å². The number of cyclic esters (lactones) is 1. The maximum absolute atomic E-state index is 13.6. The summed E-state index contributed by atoms with van der Waals surface area (Å²) >= 11 is 5.66. The van der Waals surface area contributed by atoms with Crippen molar-refractivity contribution in [2.45, 2.75) is 62.8 Å². The lowest BCUT2D eigenvalue weighted by atomic mass is 9.86. The zero-order valence-corrected chi connectivity index (χ0v) is 32.9. The van der Waals surface area contributed by atoms with E-state index in [1.807, 2.05) is 13.0 Å². The Bertz CT molecular complexity index is 2690. The summed E-state index contributed by atoms with van der Waals surface area (Å²) in [6, 6.07) is 19.5. The van der Waals surface area contributed by atoms with Gasteiger partial charge >= 0.3 is 18.0 Å². The molecule has 2 aliphatic heterocycles. The molecule has 2 aromatic heterocycles. The Labute approximate surface area is 337 Å². The summed E-state index contributed by atoms with van der Waals surface area (Å²) in [6.45, 7) is 3.95. The largest absolute Gasteiger partial charge is 0.481 e. The molecule has 300 valence electrons. The normalized spacial score (nSPS) is 15.9. The zero-order valence-electron chi connectivity index (χ0n) is 31.3. The fourth-order valence-corrected chi connectivity index (χ4v) is 8.39. The van der Waals surface area contributed by atoms with Crippen molar-refractivity contribution >= 4 is 73.3 Å². The van der Waals surface area contributed by atoms with E-state index < -0.39 is 46.1 Å². The second-order valence-corrected chi connectivity index (χ2v) is 16.0. The third-order valence-corrected chi connectivity index (χ3v) is 11.6. The van der Waals surface area contributed by atoms with Gasteiger partial charge in [-0.25, -0.2) is 23.0 Å². The molecule has 7 rings (SSSR count). The standard InChI is InChI=1S/C40H39N7O9S2/c1-3-14-41-38(52)42-24-9-6-11-26(17-24)58(54,55)46-25-10-5-8-22(15-25)32(19-34(48)49)45-39(57)44-31-13-7-12-30-27(31)16-23-20-47-33(35(23)43-30)18-29-28(36(47)50)21-56-37(51)40(29,53)4-2/h5-13,15-18,32,46,53H,3-4,14,19-21H2,1-2H3,(H,48,49)(H2,41,42,52)(H2,44,45,57)/t32?,40-/m0/s1. The number of pyridine rings is 2. The third kappa shape index (κ3) is 7.80. The molecule has 0 spiro atoms. The van der Waals surface area contributed by atoms with Crippen LogP contribution in [-0.2, 0) is 43.1 Å². The number of ether oxygens (including phenoxy) is 1.